The van der Waals surface area contributed by atoms with Crippen LogP contribution in [0.1, 0.15) is 24.1 Å². The van der Waals surface area contributed by atoms with E-state index in [1.165, 1.54) is 0 Å². The standard InChI is InChI=1S/C11H12BrN5/c1-3-8-11(12)9(16(2)15-8)7-17-5-4-14-10(17)6-13/h4-5H,3,7H2,1-2H3. The van der Waals surface area contributed by atoms with Crippen LogP contribution >= 0.6 is 15.9 Å². The molecule has 2 rings (SSSR count). The molecule has 88 valence electrons. The highest BCUT2D eigenvalue weighted by Gasteiger charge is 2.14. The smallest absolute Gasteiger partial charge is 0.213 e. The summed E-state index contributed by atoms with van der Waals surface area (Å²) in [5.74, 6) is 0.413. The van der Waals surface area contributed by atoms with E-state index in [1.54, 1.807) is 17.0 Å². The predicted molar refractivity (Wildman–Crippen MR) is 66.3 cm³/mol. The molecular weight excluding hydrogens is 282 g/mol. The Morgan fingerprint density at radius 3 is 2.88 bits per heavy atom. The van der Waals surface area contributed by atoms with Gasteiger partial charge in [-0.3, -0.25) is 4.68 Å². The van der Waals surface area contributed by atoms with Crippen LogP contribution in [-0.4, -0.2) is 19.3 Å². The molecule has 5 nitrogen and oxygen atoms in total. The van der Waals surface area contributed by atoms with Gasteiger partial charge in [0.25, 0.3) is 0 Å². The molecule has 0 unspecified atom stereocenters. The van der Waals surface area contributed by atoms with Crippen LogP contribution in [0.4, 0.5) is 0 Å². The van der Waals surface area contributed by atoms with Crippen LogP contribution < -0.4 is 0 Å². The number of halogens is 1. The molecule has 0 atom stereocenters. The van der Waals surface area contributed by atoms with Gasteiger partial charge in [0.1, 0.15) is 6.07 Å². The number of aryl methyl sites for hydroxylation is 2. The minimum Gasteiger partial charge on any atom is -0.317 e. The number of rotatable bonds is 3. The Bertz CT molecular complexity index is 575. The maximum absolute atomic E-state index is 8.91. The Morgan fingerprint density at radius 1 is 1.53 bits per heavy atom. The van der Waals surface area contributed by atoms with Crippen LogP contribution in [0, 0.1) is 11.3 Å². The average molecular weight is 294 g/mol. The second kappa shape index (κ2) is 4.72. The molecule has 2 aromatic rings. The van der Waals surface area contributed by atoms with Crippen LogP contribution in [0.3, 0.4) is 0 Å². The Labute approximate surface area is 108 Å². The molecule has 2 aromatic heterocycles. The van der Waals surface area contributed by atoms with Gasteiger partial charge in [0.2, 0.25) is 5.82 Å². The highest BCUT2D eigenvalue weighted by atomic mass is 79.9. The van der Waals surface area contributed by atoms with E-state index in [4.69, 9.17) is 5.26 Å². The molecule has 17 heavy (non-hydrogen) atoms. The Kier molecular flexibility index (Phi) is 3.29. The summed E-state index contributed by atoms with van der Waals surface area (Å²) in [5, 5.41) is 13.3. The van der Waals surface area contributed by atoms with E-state index in [0.717, 1.165) is 22.3 Å². The number of nitrogens with zero attached hydrogens (tertiary/aromatic N) is 5. The van der Waals surface area contributed by atoms with E-state index in [0.29, 0.717) is 12.4 Å². The Balaban J connectivity index is 2.37. The summed E-state index contributed by atoms with van der Waals surface area (Å²) in [6.45, 7) is 2.65. The lowest BCUT2D eigenvalue weighted by atomic mass is 10.3. The van der Waals surface area contributed by atoms with Gasteiger partial charge in [-0.05, 0) is 22.4 Å². The number of nitriles is 1. The third kappa shape index (κ3) is 2.11. The van der Waals surface area contributed by atoms with Gasteiger partial charge >= 0.3 is 0 Å². The van der Waals surface area contributed by atoms with Crippen molar-refractivity contribution in [3.8, 4) is 6.07 Å². The first-order chi connectivity index (χ1) is 8.17. The van der Waals surface area contributed by atoms with Crippen LogP contribution in [0.5, 0.6) is 0 Å². The first kappa shape index (κ1) is 11.9. The molecule has 2 heterocycles. The zero-order chi connectivity index (χ0) is 12.4. The molecule has 0 radical (unpaired) electrons. The lowest BCUT2D eigenvalue weighted by Gasteiger charge is -2.04. The minimum atomic E-state index is 0.413. The molecule has 0 aliphatic carbocycles. The van der Waals surface area contributed by atoms with Gasteiger partial charge in [-0.25, -0.2) is 4.98 Å². The lowest BCUT2D eigenvalue weighted by Crippen LogP contribution is -2.07. The molecule has 6 heteroatoms. The van der Waals surface area contributed by atoms with Crippen molar-refractivity contribution in [1.82, 2.24) is 19.3 Å². The number of imidazole rings is 1. The van der Waals surface area contributed by atoms with Crippen molar-refractivity contribution >= 4 is 15.9 Å². The van der Waals surface area contributed by atoms with Crippen molar-refractivity contribution in [3.05, 3.63) is 34.1 Å². The fourth-order valence-corrected chi connectivity index (χ4v) is 2.44. The summed E-state index contributed by atoms with van der Waals surface area (Å²) in [4.78, 5) is 3.97. The SMILES string of the molecule is CCc1nn(C)c(Cn2ccnc2C#N)c1Br. The molecule has 0 saturated heterocycles. The van der Waals surface area contributed by atoms with Crippen LogP contribution in [-0.2, 0) is 20.0 Å². The summed E-state index contributed by atoms with van der Waals surface area (Å²) in [7, 11) is 1.90. The molecule has 0 aliphatic heterocycles. The fourth-order valence-electron chi connectivity index (χ4n) is 1.70. The van der Waals surface area contributed by atoms with E-state index in [1.807, 2.05) is 11.7 Å². The van der Waals surface area contributed by atoms with E-state index < -0.39 is 0 Å². The lowest BCUT2D eigenvalue weighted by molar-refractivity contribution is 0.655. The molecule has 0 aromatic carbocycles. The first-order valence-corrected chi connectivity index (χ1v) is 6.08. The monoisotopic (exact) mass is 293 g/mol. The van der Waals surface area contributed by atoms with E-state index in [9.17, 15) is 0 Å². The fraction of sp³-hybridized carbons (Fsp3) is 0.364. The van der Waals surface area contributed by atoms with E-state index in [-0.39, 0.29) is 0 Å². The third-order valence-corrected chi connectivity index (χ3v) is 3.55. The van der Waals surface area contributed by atoms with Gasteiger partial charge in [-0.2, -0.15) is 10.4 Å². The average Bonchev–Trinajstić information content (AvgIpc) is 2.88. The normalized spacial score (nSPS) is 10.5. The van der Waals surface area contributed by atoms with Gasteiger partial charge < -0.3 is 4.57 Å². The minimum absolute atomic E-state index is 0.413. The van der Waals surface area contributed by atoms with Crippen molar-refractivity contribution in [3.63, 3.8) is 0 Å². The number of hydrogen-bond acceptors (Lipinski definition) is 3. The topological polar surface area (TPSA) is 59.4 Å². The number of hydrogen-bond donors (Lipinski definition) is 0. The quantitative estimate of drug-likeness (QED) is 0.868. The predicted octanol–water partition coefficient (Wildman–Crippen LogP) is 1.86. The molecule has 0 aliphatic rings. The summed E-state index contributed by atoms with van der Waals surface area (Å²) in [5.41, 5.74) is 2.07. The van der Waals surface area contributed by atoms with Crippen molar-refractivity contribution in [2.75, 3.05) is 0 Å². The second-order valence-corrected chi connectivity index (χ2v) is 4.47. The van der Waals surface area contributed by atoms with E-state index >= 15 is 0 Å². The van der Waals surface area contributed by atoms with Gasteiger partial charge in [-0.1, -0.05) is 6.92 Å². The molecule has 0 amide bonds. The highest BCUT2D eigenvalue weighted by Crippen LogP contribution is 2.22. The van der Waals surface area contributed by atoms with Gasteiger partial charge in [0.15, 0.2) is 0 Å². The van der Waals surface area contributed by atoms with Crippen molar-refractivity contribution in [1.29, 1.82) is 5.26 Å². The summed E-state index contributed by atoms with van der Waals surface area (Å²) in [6.07, 6.45) is 4.30. The Hall–Kier alpha value is -1.61. The third-order valence-electron chi connectivity index (χ3n) is 2.64. The summed E-state index contributed by atoms with van der Waals surface area (Å²) >= 11 is 3.55. The van der Waals surface area contributed by atoms with Crippen molar-refractivity contribution in [2.24, 2.45) is 7.05 Å². The van der Waals surface area contributed by atoms with Gasteiger partial charge in [0.05, 0.1) is 22.4 Å². The largest absolute Gasteiger partial charge is 0.317 e. The zero-order valence-electron chi connectivity index (χ0n) is 9.68. The molecule has 0 fully saturated rings. The van der Waals surface area contributed by atoms with Crippen LogP contribution in [0.25, 0.3) is 0 Å². The molecule has 0 spiro atoms. The van der Waals surface area contributed by atoms with Gasteiger partial charge in [-0.15, -0.1) is 0 Å². The van der Waals surface area contributed by atoms with Crippen molar-refractivity contribution < 1.29 is 0 Å². The maximum Gasteiger partial charge on any atom is 0.213 e. The molecule has 0 saturated carbocycles. The van der Waals surface area contributed by atoms with Crippen LogP contribution in [0.2, 0.25) is 0 Å². The molecule has 0 N–H and O–H groups in total. The number of aromatic nitrogens is 4. The molecule has 0 bridgehead atoms. The summed E-state index contributed by atoms with van der Waals surface area (Å²) < 4.78 is 4.66. The van der Waals surface area contributed by atoms with Gasteiger partial charge in [0, 0.05) is 19.4 Å². The zero-order valence-corrected chi connectivity index (χ0v) is 11.3. The Morgan fingerprint density at radius 2 is 2.29 bits per heavy atom. The first-order valence-electron chi connectivity index (χ1n) is 5.28. The molecular formula is C11H12BrN5. The van der Waals surface area contributed by atoms with E-state index in [2.05, 4.69) is 39.0 Å². The second-order valence-electron chi connectivity index (χ2n) is 3.68. The maximum atomic E-state index is 8.91. The highest BCUT2D eigenvalue weighted by molar-refractivity contribution is 9.10. The van der Waals surface area contributed by atoms with Crippen molar-refractivity contribution in [2.45, 2.75) is 19.9 Å². The summed E-state index contributed by atoms with van der Waals surface area (Å²) in [6, 6.07) is 2.06. The van der Waals surface area contributed by atoms with Crippen LogP contribution in [0.15, 0.2) is 16.9 Å².